The molecule has 0 atom stereocenters. The zero-order chi connectivity index (χ0) is 28.2. The molecule has 0 heterocycles. The van der Waals surface area contributed by atoms with Gasteiger partial charge in [0.15, 0.2) is 0 Å². The summed E-state index contributed by atoms with van der Waals surface area (Å²) in [5.74, 6) is -14.7. The number of halogens is 10. The Morgan fingerprint density at radius 3 is 1.19 bits per heavy atom. The summed E-state index contributed by atoms with van der Waals surface area (Å²) in [5.41, 5.74) is 2.77. The SMILES string of the molecule is Cc1cc(C)c(I(OS(=O)(=O)C(F)(F)C(F)(F)C(F)(F)C(F)(F)F)c2c(C)cc(C)cc2C)c(C)c1. The van der Waals surface area contributed by atoms with Crippen LogP contribution in [0.4, 0.5) is 39.5 Å². The topological polar surface area (TPSA) is 43.4 Å². The van der Waals surface area contributed by atoms with E-state index in [1.54, 1.807) is 38.1 Å². The average Bonchev–Trinajstić information content (AvgIpc) is 2.64. The number of rotatable bonds is 7. The molecular formula is C22H22F9IO3S. The van der Waals surface area contributed by atoms with E-state index in [1.807, 2.05) is 0 Å². The molecule has 0 bridgehead atoms. The van der Waals surface area contributed by atoms with Gasteiger partial charge in [-0.2, -0.15) is 0 Å². The molecule has 2 aromatic carbocycles. The monoisotopic (exact) mass is 664 g/mol. The predicted molar refractivity (Wildman–Crippen MR) is 124 cm³/mol. The van der Waals surface area contributed by atoms with E-state index >= 15 is 0 Å². The molecule has 0 spiro atoms. The molecule has 14 heteroatoms. The second kappa shape index (κ2) is 9.64. The molecule has 0 unspecified atom stereocenters. The molecule has 0 radical (unpaired) electrons. The maximum absolute atomic E-state index is 14.5. The molecule has 0 fully saturated rings. The Kier molecular flexibility index (Phi) is 8.21. The molecule has 0 saturated carbocycles. The van der Waals surface area contributed by atoms with Crippen LogP contribution in [0.1, 0.15) is 33.4 Å². The molecule has 36 heavy (non-hydrogen) atoms. The van der Waals surface area contributed by atoms with Crippen LogP contribution < -0.4 is 0 Å². The van der Waals surface area contributed by atoms with Crippen LogP contribution in [0.2, 0.25) is 0 Å². The molecule has 2 rings (SSSR count). The average molecular weight is 664 g/mol. The molecule has 0 aliphatic carbocycles. The van der Waals surface area contributed by atoms with E-state index in [1.165, 1.54) is 27.7 Å². The number of hydrogen-bond acceptors (Lipinski definition) is 3. The maximum atomic E-state index is 14.5. The van der Waals surface area contributed by atoms with Crippen LogP contribution in [-0.4, -0.2) is 31.7 Å². The Hall–Kier alpha value is -1.55. The van der Waals surface area contributed by atoms with Crippen molar-refractivity contribution >= 4 is 30.4 Å². The van der Waals surface area contributed by atoms with Crippen LogP contribution in [0, 0.1) is 48.7 Å². The number of hydrogen-bond donors (Lipinski definition) is 0. The predicted octanol–water partition coefficient (Wildman–Crippen LogP) is 7.77. The van der Waals surface area contributed by atoms with Crippen LogP contribution in [0.15, 0.2) is 24.3 Å². The molecule has 3 nitrogen and oxygen atoms in total. The van der Waals surface area contributed by atoms with E-state index in [-0.39, 0.29) is 7.14 Å². The third kappa shape index (κ3) is 5.08. The van der Waals surface area contributed by atoms with Gasteiger partial charge < -0.3 is 0 Å². The van der Waals surface area contributed by atoms with Crippen molar-refractivity contribution in [2.24, 2.45) is 0 Å². The first-order valence-electron chi connectivity index (χ1n) is 10.00. The summed E-state index contributed by atoms with van der Waals surface area (Å²) < 4.78 is 151. The second-order valence-electron chi connectivity index (χ2n) is 8.35. The van der Waals surface area contributed by atoms with Crippen LogP contribution in [0.3, 0.4) is 0 Å². The van der Waals surface area contributed by atoms with Crippen LogP contribution in [-0.2, 0) is 12.6 Å². The Balaban J connectivity index is 2.83. The zero-order valence-electron chi connectivity index (χ0n) is 19.7. The fraction of sp³-hybridized carbons (Fsp3) is 0.455. The van der Waals surface area contributed by atoms with Crippen LogP contribution in [0.25, 0.3) is 0 Å². The van der Waals surface area contributed by atoms with Crippen LogP contribution >= 0.6 is 20.2 Å². The van der Waals surface area contributed by atoms with E-state index < -0.39 is 53.6 Å². The van der Waals surface area contributed by atoms with Gasteiger partial charge in [0.1, 0.15) is 0 Å². The Morgan fingerprint density at radius 2 is 0.917 bits per heavy atom. The number of aryl methyl sites for hydroxylation is 6. The van der Waals surface area contributed by atoms with Crippen molar-refractivity contribution < 1.29 is 50.4 Å². The molecule has 0 aromatic heterocycles. The van der Waals surface area contributed by atoms with E-state index in [0.29, 0.717) is 33.4 Å². The van der Waals surface area contributed by atoms with Crippen molar-refractivity contribution in [2.75, 3.05) is 0 Å². The normalized spacial score (nSPS) is 14.2. The summed E-state index contributed by atoms with van der Waals surface area (Å²) in [5, 5.41) is -6.92. The molecule has 0 aliphatic rings. The van der Waals surface area contributed by atoms with Crippen molar-refractivity contribution in [2.45, 2.75) is 64.8 Å². The van der Waals surface area contributed by atoms with Gasteiger partial charge in [-0.1, -0.05) is 0 Å². The molecule has 0 saturated heterocycles. The summed E-state index contributed by atoms with van der Waals surface area (Å²) in [6.07, 6.45) is -7.16. The summed E-state index contributed by atoms with van der Waals surface area (Å²) in [4.78, 5) is 0. The quantitative estimate of drug-likeness (QED) is 0.225. The minimum absolute atomic E-state index is 0.102. The molecule has 204 valence electrons. The van der Waals surface area contributed by atoms with Gasteiger partial charge in [0.25, 0.3) is 0 Å². The second-order valence-corrected chi connectivity index (χ2v) is 14.6. The van der Waals surface area contributed by atoms with Gasteiger partial charge in [-0.3, -0.25) is 0 Å². The van der Waals surface area contributed by atoms with Gasteiger partial charge in [-0.05, 0) is 0 Å². The van der Waals surface area contributed by atoms with Crippen molar-refractivity contribution in [1.29, 1.82) is 0 Å². The summed E-state index contributed by atoms with van der Waals surface area (Å²) in [6.45, 7) is 9.29. The summed E-state index contributed by atoms with van der Waals surface area (Å²) in [6, 6.07) is 6.19. The first kappa shape index (κ1) is 30.7. The van der Waals surface area contributed by atoms with Crippen molar-refractivity contribution in [3.63, 3.8) is 0 Å². The summed E-state index contributed by atoms with van der Waals surface area (Å²) >= 11 is -4.21. The van der Waals surface area contributed by atoms with Gasteiger partial charge in [0.05, 0.1) is 0 Å². The van der Waals surface area contributed by atoms with Gasteiger partial charge in [0.2, 0.25) is 0 Å². The van der Waals surface area contributed by atoms with Crippen molar-refractivity contribution in [3.8, 4) is 0 Å². The molecule has 0 aliphatic heterocycles. The van der Waals surface area contributed by atoms with Crippen molar-refractivity contribution in [3.05, 3.63) is 64.8 Å². The third-order valence-electron chi connectivity index (χ3n) is 5.08. The zero-order valence-corrected chi connectivity index (χ0v) is 22.7. The third-order valence-corrected chi connectivity index (χ3v) is 14.1. The molecule has 0 N–H and O–H groups in total. The van der Waals surface area contributed by atoms with Gasteiger partial charge >= 0.3 is 210 Å². The standard InChI is InChI=1S/C22H22F9IO3S/c1-11-7-13(3)17(14(4)8-11)32(18-15(5)9-12(2)10-16(18)6)35-36(33,34)22(30,31)20(25,26)19(23,24)21(27,28)29/h7-10H,1-6H3. The van der Waals surface area contributed by atoms with E-state index in [2.05, 4.69) is 2.51 Å². The van der Waals surface area contributed by atoms with E-state index in [9.17, 15) is 47.9 Å². The molecule has 2 aromatic rings. The van der Waals surface area contributed by atoms with Gasteiger partial charge in [-0.25, -0.2) is 0 Å². The number of alkyl halides is 9. The molecular weight excluding hydrogens is 642 g/mol. The summed E-state index contributed by atoms with van der Waals surface area (Å²) in [7, 11) is -7.04. The van der Waals surface area contributed by atoms with Crippen LogP contribution in [0.5, 0.6) is 0 Å². The molecule has 0 amide bonds. The van der Waals surface area contributed by atoms with Crippen molar-refractivity contribution in [1.82, 2.24) is 0 Å². The van der Waals surface area contributed by atoms with Gasteiger partial charge in [0, 0.05) is 0 Å². The number of benzene rings is 2. The van der Waals surface area contributed by atoms with E-state index in [0.717, 1.165) is 0 Å². The fourth-order valence-electron chi connectivity index (χ4n) is 3.66. The first-order chi connectivity index (χ1) is 16.0. The fourth-order valence-corrected chi connectivity index (χ4v) is 11.9. The Labute approximate surface area is 210 Å². The minimum atomic E-state index is -7.37. The Morgan fingerprint density at radius 1 is 0.611 bits per heavy atom. The first-order valence-corrected chi connectivity index (χ1v) is 14.4. The van der Waals surface area contributed by atoms with E-state index in [4.69, 9.17) is 0 Å². The Bertz CT molecular complexity index is 1170. The van der Waals surface area contributed by atoms with Gasteiger partial charge in [-0.15, -0.1) is 0 Å².